The molecule has 0 radical (unpaired) electrons. The van der Waals surface area contributed by atoms with Crippen molar-refractivity contribution < 1.29 is 9.59 Å². The first kappa shape index (κ1) is 17.2. The van der Waals surface area contributed by atoms with Crippen molar-refractivity contribution in [3.63, 3.8) is 0 Å². The molecule has 0 fully saturated rings. The van der Waals surface area contributed by atoms with E-state index >= 15 is 0 Å². The topological polar surface area (TPSA) is 37.4 Å². The monoisotopic (exact) mass is 333 g/mol. The molecular formula is C22H23NO2. The first-order valence-corrected chi connectivity index (χ1v) is 8.91. The van der Waals surface area contributed by atoms with Gasteiger partial charge in [0.2, 0.25) is 0 Å². The molecule has 128 valence electrons. The summed E-state index contributed by atoms with van der Waals surface area (Å²) in [6.45, 7) is 2.63. The summed E-state index contributed by atoms with van der Waals surface area (Å²) >= 11 is 0. The molecule has 2 amide bonds. The molecule has 0 unspecified atom stereocenters. The lowest BCUT2D eigenvalue weighted by atomic mass is 10.1. The number of carbonyl (C=O) groups excluding carboxylic acids is 2. The lowest BCUT2D eigenvalue weighted by Crippen LogP contribution is -2.30. The number of amides is 2. The van der Waals surface area contributed by atoms with Crippen LogP contribution in [0.1, 0.15) is 58.0 Å². The van der Waals surface area contributed by atoms with E-state index in [2.05, 4.69) is 43.3 Å². The minimum atomic E-state index is -0.170. The van der Waals surface area contributed by atoms with Crippen molar-refractivity contribution in [2.24, 2.45) is 0 Å². The van der Waals surface area contributed by atoms with Gasteiger partial charge in [-0.25, -0.2) is 0 Å². The van der Waals surface area contributed by atoms with Gasteiger partial charge in [0.25, 0.3) is 11.8 Å². The first-order chi connectivity index (χ1) is 12.2. The van der Waals surface area contributed by atoms with E-state index in [-0.39, 0.29) is 11.8 Å². The normalized spacial score (nSPS) is 13.7. The fraction of sp³-hybridized carbons (Fsp3) is 0.273. The van der Waals surface area contributed by atoms with Gasteiger partial charge in [0.05, 0.1) is 11.1 Å². The molecule has 0 spiro atoms. The lowest BCUT2D eigenvalue weighted by Gasteiger charge is -2.13. The van der Waals surface area contributed by atoms with Crippen LogP contribution < -0.4 is 0 Å². The molecule has 0 saturated heterocycles. The van der Waals surface area contributed by atoms with Crippen molar-refractivity contribution in [3.05, 3.63) is 76.9 Å². The molecule has 3 heteroatoms. The Balaban J connectivity index is 1.58. The van der Waals surface area contributed by atoms with Crippen LogP contribution in [0.3, 0.4) is 0 Å². The maximum absolute atomic E-state index is 12.3. The van der Waals surface area contributed by atoms with Crippen LogP contribution >= 0.6 is 0 Å². The number of imide groups is 1. The van der Waals surface area contributed by atoms with Crippen LogP contribution in [-0.4, -0.2) is 23.3 Å². The third-order valence-corrected chi connectivity index (χ3v) is 4.44. The second kappa shape index (κ2) is 7.93. The number of hydrogen-bond acceptors (Lipinski definition) is 2. The smallest absolute Gasteiger partial charge is 0.261 e. The van der Waals surface area contributed by atoms with E-state index in [1.165, 1.54) is 16.0 Å². The molecule has 0 aliphatic carbocycles. The van der Waals surface area contributed by atoms with E-state index in [1.807, 2.05) is 0 Å². The van der Waals surface area contributed by atoms with Crippen molar-refractivity contribution in [1.29, 1.82) is 0 Å². The fourth-order valence-corrected chi connectivity index (χ4v) is 3.12. The highest BCUT2D eigenvalue weighted by Gasteiger charge is 2.34. The lowest BCUT2D eigenvalue weighted by molar-refractivity contribution is 0.0652. The number of aryl methyl sites for hydroxylation is 1. The standard InChI is InChI=1S/C22H23NO2/c1-2-3-4-9-17-10-7-11-18(16-17)12-8-15-23-21(24)19-13-5-6-14-20(19)22(23)25/h4-7,9-11,13-14,16H,2-3,8,12,15H2,1H3/b9-4+. The van der Waals surface area contributed by atoms with Crippen LogP contribution in [0.15, 0.2) is 54.6 Å². The summed E-state index contributed by atoms with van der Waals surface area (Å²) in [5.41, 5.74) is 3.48. The molecule has 1 heterocycles. The molecule has 0 atom stereocenters. The summed E-state index contributed by atoms with van der Waals surface area (Å²) < 4.78 is 0. The molecule has 0 saturated carbocycles. The van der Waals surface area contributed by atoms with Crippen molar-refractivity contribution in [1.82, 2.24) is 4.90 Å². The zero-order chi connectivity index (χ0) is 17.6. The molecule has 0 bridgehead atoms. The van der Waals surface area contributed by atoms with Crippen LogP contribution in [0.4, 0.5) is 0 Å². The van der Waals surface area contributed by atoms with Crippen molar-refractivity contribution in [2.45, 2.75) is 32.6 Å². The summed E-state index contributed by atoms with van der Waals surface area (Å²) in [6, 6.07) is 15.5. The quantitative estimate of drug-likeness (QED) is 0.687. The summed E-state index contributed by atoms with van der Waals surface area (Å²) in [5, 5.41) is 0. The third-order valence-electron chi connectivity index (χ3n) is 4.44. The van der Waals surface area contributed by atoms with Gasteiger partial charge in [0.15, 0.2) is 0 Å². The number of fused-ring (bicyclic) bond motifs is 1. The van der Waals surface area contributed by atoms with Gasteiger partial charge < -0.3 is 0 Å². The second-order valence-electron chi connectivity index (χ2n) is 6.35. The zero-order valence-corrected chi connectivity index (χ0v) is 14.6. The molecule has 1 aliphatic heterocycles. The van der Waals surface area contributed by atoms with E-state index in [0.717, 1.165) is 25.7 Å². The zero-order valence-electron chi connectivity index (χ0n) is 14.6. The molecule has 3 rings (SSSR count). The molecule has 0 N–H and O–H groups in total. The van der Waals surface area contributed by atoms with E-state index in [1.54, 1.807) is 24.3 Å². The van der Waals surface area contributed by atoms with E-state index < -0.39 is 0 Å². The van der Waals surface area contributed by atoms with E-state index in [0.29, 0.717) is 17.7 Å². The Labute approximate surface area is 149 Å². The minimum absolute atomic E-state index is 0.170. The Morgan fingerprint density at radius 1 is 0.960 bits per heavy atom. The molecule has 2 aromatic carbocycles. The Kier molecular flexibility index (Phi) is 5.44. The third kappa shape index (κ3) is 3.87. The number of unbranched alkanes of at least 4 members (excludes halogenated alkanes) is 1. The number of hydrogen-bond donors (Lipinski definition) is 0. The highest BCUT2D eigenvalue weighted by Crippen LogP contribution is 2.22. The van der Waals surface area contributed by atoms with Crippen molar-refractivity contribution >= 4 is 17.9 Å². The van der Waals surface area contributed by atoms with Crippen molar-refractivity contribution in [3.8, 4) is 0 Å². The number of rotatable bonds is 7. The maximum Gasteiger partial charge on any atom is 0.261 e. The van der Waals surface area contributed by atoms with Crippen LogP contribution in [0.2, 0.25) is 0 Å². The molecule has 25 heavy (non-hydrogen) atoms. The fourth-order valence-electron chi connectivity index (χ4n) is 3.12. The van der Waals surface area contributed by atoms with Crippen LogP contribution in [0.25, 0.3) is 6.08 Å². The number of allylic oxidation sites excluding steroid dienone is 1. The summed E-state index contributed by atoms with van der Waals surface area (Å²) in [5.74, 6) is -0.339. The maximum atomic E-state index is 12.3. The molecule has 3 nitrogen and oxygen atoms in total. The predicted octanol–water partition coefficient (Wildman–Crippen LogP) is 4.73. The van der Waals surface area contributed by atoms with Gasteiger partial charge in [-0.15, -0.1) is 0 Å². The summed E-state index contributed by atoms with van der Waals surface area (Å²) in [7, 11) is 0. The van der Waals surface area contributed by atoms with Gasteiger partial charge in [-0.2, -0.15) is 0 Å². The highest BCUT2D eigenvalue weighted by atomic mass is 16.2. The van der Waals surface area contributed by atoms with Crippen LogP contribution in [-0.2, 0) is 6.42 Å². The van der Waals surface area contributed by atoms with E-state index in [9.17, 15) is 9.59 Å². The van der Waals surface area contributed by atoms with Gasteiger partial charge in [-0.3, -0.25) is 14.5 Å². The highest BCUT2D eigenvalue weighted by molar-refractivity contribution is 6.21. The molecule has 0 aromatic heterocycles. The van der Waals surface area contributed by atoms with Gasteiger partial charge >= 0.3 is 0 Å². The van der Waals surface area contributed by atoms with Gasteiger partial charge in [0, 0.05) is 6.54 Å². The number of nitrogens with zero attached hydrogens (tertiary/aromatic N) is 1. The average Bonchev–Trinajstić information content (AvgIpc) is 2.88. The first-order valence-electron chi connectivity index (χ1n) is 8.91. The van der Waals surface area contributed by atoms with Gasteiger partial charge in [-0.1, -0.05) is 61.9 Å². The molecular weight excluding hydrogens is 310 g/mol. The Morgan fingerprint density at radius 3 is 2.36 bits per heavy atom. The predicted molar refractivity (Wildman–Crippen MR) is 101 cm³/mol. The summed E-state index contributed by atoms with van der Waals surface area (Å²) in [4.78, 5) is 26.1. The van der Waals surface area contributed by atoms with E-state index in [4.69, 9.17) is 0 Å². The number of carbonyl (C=O) groups is 2. The van der Waals surface area contributed by atoms with Gasteiger partial charge in [-0.05, 0) is 42.5 Å². The Morgan fingerprint density at radius 2 is 1.68 bits per heavy atom. The second-order valence-corrected chi connectivity index (χ2v) is 6.35. The minimum Gasteiger partial charge on any atom is -0.274 e. The Bertz CT molecular complexity index is 772. The molecule has 1 aliphatic rings. The van der Waals surface area contributed by atoms with Crippen LogP contribution in [0, 0.1) is 0 Å². The van der Waals surface area contributed by atoms with Crippen LogP contribution in [0.5, 0.6) is 0 Å². The summed E-state index contributed by atoms with van der Waals surface area (Å²) in [6.07, 6.45) is 8.20. The van der Waals surface area contributed by atoms with Crippen molar-refractivity contribution in [2.75, 3.05) is 6.54 Å². The van der Waals surface area contributed by atoms with Gasteiger partial charge in [0.1, 0.15) is 0 Å². The Hall–Kier alpha value is -2.68. The molecule has 2 aromatic rings. The average molecular weight is 333 g/mol. The number of benzene rings is 2. The largest absolute Gasteiger partial charge is 0.274 e. The SMILES string of the molecule is CCC/C=C/c1cccc(CCCN2C(=O)c3ccccc3C2=O)c1.